The third-order valence-electron chi connectivity index (χ3n) is 3.94. The van der Waals surface area contributed by atoms with Crippen molar-refractivity contribution in [2.75, 3.05) is 12.4 Å². The largest absolute Gasteiger partial charge is 0.476 e. The number of urea groups is 1. The number of nitrogens with zero attached hydrogens (tertiary/aromatic N) is 2. The van der Waals surface area contributed by atoms with Gasteiger partial charge in [0.25, 0.3) is 0 Å². The van der Waals surface area contributed by atoms with Crippen LogP contribution < -0.4 is 5.32 Å². The average Bonchev–Trinajstić information content (AvgIpc) is 2.75. The van der Waals surface area contributed by atoms with Gasteiger partial charge in [-0.05, 0) is 25.0 Å². The number of carbonyl (C=O) groups is 2. The van der Waals surface area contributed by atoms with E-state index in [9.17, 15) is 9.59 Å². The highest BCUT2D eigenvalue weighted by Crippen LogP contribution is 2.22. The van der Waals surface area contributed by atoms with Crippen LogP contribution >= 0.6 is 0 Å². The van der Waals surface area contributed by atoms with Crippen molar-refractivity contribution in [1.82, 2.24) is 9.88 Å². The second-order valence-corrected chi connectivity index (χ2v) is 5.39. The molecule has 21 heavy (non-hydrogen) atoms. The van der Waals surface area contributed by atoms with E-state index in [1.54, 1.807) is 24.1 Å². The highest BCUT2D eigenvalue weighted by Gasteiger charge is 2.22. The van der Waals surface area contributed by atoms with Crippen LogP contribution in [0.1, 0.15) is 49.0 Å². The molecule has 0 aliphatic heterocycles. The fourth-order valence-electron chi connectivity index (χ4n) is 2.69. The summed E-state index contributed by atoms with van der Waals surface area (Å²) in [5.41, 5.74) is 0.0931. The van der Waals surface area contributed by atoms with Gasteiger partial charge >= 0.3 is 12.0 Å². The molecule has 114 valence electrons. The highest BCUT2D eigenvalue weighted by molar-refractivity contribution is 5.98. The lowest BCUT2D eigenvalue weighted by Gasteiger charge is -2.27. The first-order valence-electron chi connectivity index (χ1n) is 7.31. The van der Waals surface area contributed by atoms with E-state index in [0.29, 0.717) is 0 Å². The van der Waals surface area contributed by atoms with Crippen LogP contribution in [0.4, 0.5) is 10.5 Å². The molecule has 1 aliphatic carbocycles. The minimum Gasteiger partial charge on any atom is -0.476 e. The van der Waals surface area contributed by atoms with Crippen molar-refractivity contribution in [2.45, 2.75) is 44.6 Å². The third kappa shape index (κ3) is 3.93. The Labute approximate surface area is 124 Å². The average molecular weight is 291 g/mol. The van der Waals surface area contributed by atoms with Gasteiger partial charge in [0.1, 0.15) is 0 Å². The van der Waals surface area contributed by atoms with Gasteiger partial charge < -0.3 is 15.3 Å². The number of carboxylic acids is 1. The molecule has 2 amide bonds. The summed E-state index contributed by atoms with van der Waals surface area (Å²) in [5.74, 6) is -1.15. The van der Waals surface area contributed by atoms with Crippen LogP contribution in [0.3, 0.4) is 0 Å². The van der Waals surface area contributed by atoms with Crippen molar-refractivity contribution in [3.8, 4) is 0 Å². The van der Waals surface area contributed by atoms with E-state index >= 15 is 0 Å². The molecule has 6 heteroatoms. The van der Waals surface area contributed by atoms with Crippen molar-refractivity contribution in [1.29, 1.82) is 0 Å². The highest BCUT2D eigenvalue weighted by atomic mass is 16.4. The van der Waals surface area contributed by atoms with Gasteiger partial charge in [0, 0.05) is 19.3 Å². The van der Waals surface area contributed by atoms with Crippen LogP contribution in [0.2, 0.25) is 0 Å². The molecule has 1 aromatic rings. The van der Waals surface area contributed by atoms with Gasteiger partial charge in [-0.2, -0.15) is 0 Å². The second-order valence-electron chi connectivity index (χ2n) is 5.39. The SMILES string of the molecule is CN(C(=O)Nc1cccnc1C(=O)O)C1CCCCCC1. The van der Waals surface area contributed by atoms with Gasteiger partial charge in [-0.1, -0.05) is 25.7 Å². The van der Waals surface area contributed by atoms with Crippen LogP contribution in [-0.2, 0) is 0 Å². The van der Waals surface area contributed by atoms with Gasteiger partial charge in [-0.3, -0.25) is 0 Å². The number of hydrogen-bond acceptors (Lipinski definition) is 3. The van der Waals surface area contributed by atoms with E-state index in [1.807, 2.05) is 0 Å². The fraction of sp³-hybridized carbons (Fsp3) is 0.533. The Morgan fingerprint density at radius 3 is 2.57 bits per heavy atom. The van der Waals surface area contributed by atoms with E-state index in [4.69, 9.17) is 5.11 Å². The third-order valence-corrected chi connectivity index (χ3v) is 3.94. The monoisotopic (exact) mass is 291 g/mol. The summed E-state index contributed by atoms with van der Waals surface area (Å²) in [6.07, 6.45) is 8.11. The molecule has 0 unspecified atom stereocenters. The summed E-state index contributed by atoms with van der Waals surface area (Å²) in [6, 6.07) is 3.10. The Morgan fingerprint density at radius 1 is 1.29 bits per heavy atom. The number of hydrogen-bond donors (Lipinski definition) is 2. The first kappa shape index (κ1) is 15.3. The molecule has 0 radical (unpaired) electrons. The molecule has 1 aromatic heterocycles. The Kier molecular flexibility index (Phi) is 5.14. The quantitative estimate of drug-likeness (QED) is 0.839. The fourth-order valence-corrected chi connectivity index (χ4v) is 2.69. The maximum absolute atomic E-state index is 12.3. The number of carbonyl (C=O) groups excluding carboxylic acids is 1. The molecule has 1 aliphatic rings. The van der Waals surface area contributed by atoms with Gasteiger partial charge in [-0.15, -0.1) is 0 Å². The molecule has 0 spiro atoms. The molecule has 0 saturated heterocycles. The molecule has 0 bridgehead atoms. The van der Waals surface area contributed by atoms with E-state index < -0.39 is 5.97 Å². The summed E-state index contributed by atoms with van der Waals surface area (Å²) in [7, 11) is 1.77. The van der Waals surface area contributed by atoms with Gasteiger partial charge in [0.2, 0.25) is 0 Å². The summed E-state index contributed by atoms with van der Waals surface area (Å²) in [5, 5.41) is 11.7. The van der Waals surface area contributed by atoms with Crippen LogP contribution in [0, 0.1) is 0 Å². The number of nitrogens with one attached hydrogen (secondary N) is 1. The van der Waals surface area contributed by atoms with Crippen molar-refractivity contribution < 1.29 is 14.7 Å². The van der Waals surface area contributed by atoms with Crippen molar-refractivity contribution in [3.63, 3.8) is 0 Å². The lowest BCUT2D eigenvalue weighted by Crippen LogP contribution is -2.39. The minimum absolute atomic E-state index is 0.139. The number of aromatic nitrogens is 1. The van der Waals surface area contributed by atoms with E-state index in [1.165, 1.54) is 19.0 Å². The molecule has 1 saturated carbocycles. The molecule has 2 rings (SSSR count). The zero-order valence-electron chi connectivity index (χ0n) is 12.2. The minimum atomic E-state index is -1.15. The predicted octanol–water partition coefficient (Wildman–Crippen LogP) is 2.97. The number of aromatic carboxylic acids is 1. The number of amides is 2. The summed E-state index contributed by atoms with van der Waals surface area (Å²) in [4.78, 5) is 28.9. The molecular formula is C15H21N3O3. The van der Waals surface area contributed by atoms with Gasteiger partial charge in [-0.25, -0.2) is 14.6 Å². The van der Waals surface area contributed by atoms with Gasteiger partial charge in [0.05, 0.1) is 5.69 Å². The van der Waals surface area contributed by atoms with Crippen molar-refractivity contribution >= 4 is 17.7 Å². The van der Waals surface area contributed by atoms with Crippen molar-refractivity contribution in [2.24, 2.45) is 0 Å². The second kappa shape index (κ2) is 7.06. The molecular weight excluding hydrogens is 270 g/mol. The zero-order valence-corrected chi connectivity index (χ0v) is 12.2. The molecule has 1 heterocycles. The molecule has 0 atom stereocenters. The first-order valence-corrected chi connectivity index (χ1v) is 7.31. The van der Waals surface area contributed by atoms with Crippen LogP contribution in [0.25, 0.3) is 0 Å². The predicted molar refractivity (Wildman–Crippen MR) is 79.5 cm³/mol. The maximum atomic E-state index is 12.3. The number of anilines is 1. The number of rotatable bonds is 3. The summed E-state index contributed by atoms with van der Waals surface area (Å²) >= 11 is 0. The number of pyridine rings is 1. The zero-order chi connectivity index (χ0) is 15.2. The number of carboxylic acid groups (broad SMARTS) is 1. The molecule has 0 aromatic carbocycles. The Hall–Kier alpha value is -2.11. The molecule has 2 N–H and O–H groups in total. The van der Waals surface area contributed by atoms with Crippen LogP contribution in [0.15, 0.2) is 18.3 Å². The molecule has 6 nitrogen and oxygen atoms in total. The lowest BCUT2D eigenvalue weighted by atomic mass is 10.1. The first-order chi connectivity index (χ1) is 10.1. The topological polar surface area (TPSA) is 82.5 Å². The van der Waals surface area contributed by atoms with E-state index in [0.717, 1.165) is 25.7 Å². The van der Waals surface area contributed by atoms with Gasteiger partial charge in [0.15, 0.2) is 5.69 Å². The standard InChI is InChI=1S/C15H21N3O3/c1-18(11-7-4-2-3-5-8-11)15(21)17-12-9-6-10-16-13(12)14(19)20/h6,9-11H,2-5,7-8H2,1H3,(H,17,21)(H,19,20). The van der Waals surface area contributed by atoms with E-state index in [2.05, 4.69) is 10.3 Å². The Balaban J connectivity index is 2.05. The Morgan fingerprint density at radius 2 is 1.95 bits per heavy atom. The summed E-state index contributed by atoms with van der Waals surface area (Å²) < 4.78 is 0. The maximum Gasteiger partial charge on any atom is 0.356 e. The van der Waals surface area contributed by atoms with E-state index in [-0.39, 0.29) is 23.5 Å². The lowest BCUT2D eigenvalue weighted by molar-refractivity contribution is 0.0691. The molecule has 1 fully saturated rings. The summed E-state index contributed by atoms with van der Waals surface area (Å²) in [6.45, 7) is 0. The van der Waals surface area contributed by atoms with Crippen LogP contribution in [0.5, 0.6) is 0 Å². The van der Waals surface area contributed by atoms with Crippen molar-refractivity contribution in [3.05, 3.63) is 24.0 Å². The van der Waals surface area contributed by atoms with Crippen LogP contribution in [-0.4, -0.2) is 40.1 Å². The Bertz CT molecular complexity index is 511. The smallest absolute Gasteiger partial charge is 0.356 e. The normalized spacial score (nSPS) is 16.0.